The Balaban J connectivity index is 2.74. The maximum Gasteiger partial charge on any atom is 0.449 e. The van der Waals surface area contributed by atoms with E-state index in [9.17, 15) is 23.1 Å². The van der Waals surface area contributed by atoms with E-state index in [-0.39, 0.29) is 24.2 Å². The van der Waals surface area contributed by atoms with Crippen molar-refractivity contribution in [3.8, 4) is 5.75 Å². The fourth-order valence-corrected chi connectivity index (χ4v) is 2.85. The predicted molar refractivity (Wildman–Crippen MR) is 106 cm³/mol. The summed E-state index contributed by atoms with van der Waals surface area (Å²) >= 11 is 0. The quantitative estimate of drug-likeness (QED) is 0.643. The second kappa shape index (κ2) is 9.45. The molecule has 0 spiro atoms. The van der Waals surface area contributed by atoms with Crippen LogP contribution >= 0.6 is 0 Å². The topological polar surface area (TPSA) is 128 Å². The molecular formula is C19H29NO8S. The molecule has 0 bridgehead atoms. The van der Waals surface area contributed by atoms with Crippen molar-refractivity contribution < 1.29 is 36.2 Å². The molecule has 0 aromatic heterocycles. The molecule has 9 nitrogen and oxygen atoms in total. The average Bonchev–Trinajstić information content (AvgIpc) is 2.51. The maximum absolute atomic E-state index is 11.9. The first-order valence-electron chi connectivity index (χ1n) is 8.96. The minimum Gasteiger partial charge on any atom is -0.480 e. The molecule has 1 aromatic rings. The van der Waals surface area contributed by atoms with Crippen LogP contribution in [0.25, 0.3) is 0 Å². The van der Waals surface area contributed by atoms with E-state index in [2.05, 4.69) is 5.32 Å². The summed E-state index contributed by atoms with van der Waals surface area (Å²) in [5.74, 6) is -1.20. The zero-order valence-electron chi connectivity index (χ0n) is 17.5. The van der Waals surface area contributed by atoms with Crippen LogP contribution in [-0.2, 0) is 30.5 Å². The Labute approximate surface area is 171 Å². The van der Waals surface area contributed by atoms with E-state index in [1.165, 1.54) is 24.3 Å². The third kappa shape index (κ3) is 10.7. The number of aliphatic carboxylic acids is 1. The molecule has 0 radical (unpaired) electrons. The Morgan fingerprint density at radius 3 is 2.07 bits per heavy atom. The SMILES string of the molecule is CC(C)(C)COS(=O)(=O)Oc1ccc(C[C@@H](NC(=O)OC(C)(C)C)C(=O)O)cc1. The van der Waals surface area contributed by atoms with Gasteiger partial charge in [-0.05, 0) is 43.9 Å². The number of carboxylic acid groups (broad SMARTS) is 1. The summed E-state index contributed by atoms with van der Waals surface area (Å²) in [6.07, 6.45) is -0.866. The minimum atomic E-state index is -4.22. The lowest BCUT2D eigenvalue weighted by atomic mass is 9.99. The van der Waals surface area contributed by atoms with Crippen LogP contribution in [0.1, 0.15) is 47.1 Å². The van der Waals surface area contributed by atoms with Gasteiger partial charge >= 0.3 is 22.5 Å². The largest absolute Gasteiger partial charge is 0.480 e. The van der Waals surface area contributed by atoms with Crippen LogP contribution in [0.3, 0.4) is 0 Å². The molecule has 0 unspecified atom stereocenters. The molecule has 164 valence electrons. The lowest BCUT2D eigenvalue weighted by molar-refractivity contribution is -0.139. The molecule has 29 heavy (non-hydrogen) atoms. The van der Waals surface area contributed by atoms with Gasteiger partial charge in [-0.1, -0.05) is 32.9 Å². The minimum absolute atomic E-state index is 0.0228. The fourth-order valence-electron chi connectivity index (χ4n) is 1.96. The van der Waals surface area contributed by atoms with Crippen molar-refractivity contribution in [1.82, 2.24) is 5.32 Å². The molecule has 0 saturated carbocycles. The summed E-state index contributed by atoms with van der Waals surface area (Å²) in [5, 5.41) is 11.6. The molecule has 1 rings (SSSR count). The first-order valence-corrected chi connectivity index (χ1v) is 10.3. The second-order valence-corrected chi connectivity index (χ2v) is 9.92. The van der Waals surface area contributed by atoms with E-state index >= 15 is 0 Å². The molecule has 0 aliphatic carbocycles. The third-order valence-corrected chi connectivity index (χ3v) is 3.99. The van der Waals surface area contributed by atoms with E-state index in [0.29, 0.717) is 5.56 Å². The lowest BCUT2D eigenvalue weighted by Gasteiger charge is -2.22. The summed E-state index contributed by atoms with van der Waals surface area (Å²) in [7, 11) is -4.22. The molecule has 0 aliphatic heterocycles. The molecule has 0 heterocycles. The van der Waals surface area contributed by atoms with Gasteiger partial charge in [0.25, 0.3) is 0 Å². The van der Waals surface area contributed by atoms with Crippen molar-refractivity contribution in [1.29, 1.82) is 0 Å². The van der Waals surface area contributed by atoms with Gasteiger partial charge in [-0.3, -0.25) is 0 Å². The first-order chi connectivity index (χ1) is 13.1. The number of nitrogens with one attached hydrogen (secondary N) is 1. The molecule has 0 aliphatic rings. The summed E-state index contributed by atoms with van der Waals surface area (Å²) in [5.41, 5.74) is -0.561. The molecule has 1 amide bonds. The second-order valence-electron chi connectivity index (χ2n) is 8.70. The molecule has 0 fully saturated rings. The first kappa shape index (κ1) is 24.7. The molecule has 0 saturated heterocycles. The van der Waals surface area contributed by atoms with Gasteiger partial charge in [-0.25, -0.2) is 13.8 Å². The number of carboxylic acids is 1. The van der Waals surface area contributed by atoms with Gasteiger partial charge in [0.15, 0.2) is 0 Å². The standard InChI is InChI=1S/C19H29NO8S/c1-18(2,3)12-26-29(24,25)28-14-9-7-13(8-10-14)11-15(16(21)22)20-17(23)27-19(4,5)6/h7-10,15H,11-12H2,1-6H3,(H,20,23)(H,21,22)/t15-/m1/s1. The van der Waals surface area contributed by atoms with E-state index in [1.807, 2.05) is 20.8 Å². The normalized spacial score (nSPS) is 13.4. The van der Waals surface area contributed by atoms with Crippen molar-refractivity contribution in [2.75, 3.05) is 6.61 Å². The molecule has 1 aromatic carbocycles. The van der Waals surface area contributed by atoms with Crippen molar-refractivity contribution in [2.45, 2.75) is 59.6 Å². The van der Waals surface area contributed by atoms with Crippen LogP contribution in [0.4, 0.5) is 4.79 Å². The number of benzene rings is 1. The van der Waals surface area contributed by atoms with Crippen molar-refractivity contribution >= 4 is 22.5 Å². The monoisotopic (exact) mass is 431 g/mol. The van der Waals surface area contributed by atoms with Gasteiger partial charge < -0.3 is 19.3 Å². The number of amides is 1. The maximum atomic E-state index is 11.9. The summed E-state index contributed by atoms with van der Waals surface area (Å²) in [6, 6.07) is 4.54. The predicted octanol–water partition coefficient (Wildman–Crippen LogP) is 2.89. The Morgan fingerprint density at radius 2 is 1.62 bits per heavy atom. The van der Waals surface area contributed by atoms with E-state index in [4.69, 9.17) is 13.1 Å². The van der Waals surface area contributed by atoms with Crippen LogP contribution in [0.5, 0.6) is 5.75 Å². The van der Waals surface area contributed by atoms with Gasteiger partial charge in [-0.2, -0.15) is 8.42 Å². The van der Waals surface area contributed by atoms with Gasteiger partial charge in [0.05, 0.1) is 6.61 Å². The van der Waals surface area contributed by atoms with Crippen molar-refractivity contribution in [2.24, 2.45) is 5.41 Å². The third-order valence-electron chi connectivity index (χ3n) is 3.19. The smallest absolute Gasteiger partial charge is 0.449 e. The Bertz CT molecular complexity index is 804. The Morgan fingerprint density at radius 1 is 1.07 bits per heavy atom. The molecule has 1 atom stereocenters. The number of rotatable bonds is 8. The lowest BCUT2D eigenvalue weighted by Crippen LogP contribution is -2.44. The molecular weight excluding hydrogens is 402 g/mol. The number of ether oxygens (including phenoxy) is 1. The van der Waals surface area contributed by atoms with Crippen LogP contribution < -0.4 is 9.50 Å². The van der Waals surface area contributed by atoms with Gasteiger partial charge in [0.2, 0.25) is 0 Å². The van der Waals surface area contributed by atoms with E-state index in [1.54, 1.807) is 20.8 Å². The number of hydrogen-bond donors (Lipinski definition) is 2. The highest BCUT2D eigenvalue weighted by atomic mass is 32.3. The van der Waals surface area contributed by atoms with Crippen LogP contribution in [0.15, 0.2) is 24.3 Å². The van der Waals surface area contributed by atoms with Crippen LogP contribution in [-0.4, -0.2) is 43.8 Å². The highest BCUT2D eigenvalue weighted by Crippen LogP contribution is 2.19. The van der Waals surface area contributed by atoms with E-state index < -0.39 is 34.1 Å². The number of alkyl carbamates (subject to hydrolysis) is 1. The van der Waals surface area contributed by atoms with Gasteiger partial charge in [-0.15, -0.1) is 0 Å². The fraction of sp³-hybridized carbons (Fsp3) is 0.579. The number of carbonyl (C=O) groups is 2. The molecule has 2 N–H and O–H groups in total. The highest BCUT2D eigenvalue weighted by Gasteiger charge is 2.24. The number of hydrogen-bond acceptors (Lipinski definition) is 7. The molecule has 10 heteroatoms. The Kier molecular flexibility index (Phi) is 8.05. The van der Waals surface area contributed by atoms with Crippen LogP contribution in [0.2, 0.25) is 0 Å². The van der Waals surface area contributed by atoms with Gasteiger partial charge in [0.1, 0.15) is 17.4 Å². The number of carbonyl (C=O) groups excluding carboxylic acids is 1. The van der Waals surface area contributed by atoms with E-state index in [0.717, 1.165) is 0 Å². The zero-order chi connectivity index (χ0) is 22.5. The van der Waals surface area contributed by atoms with Crippen molar-refractivity contribution in [3.05, 3.63) is 29.8 Å². The summed E-state index contributed by atoms with van der Waals surface area (Å²) in [6.45, 7) is 10.4. The summed E-state index contributed by atoms with van der Waals surface area (Å²) in [4.78, 5) is 23.2. The Hall–Kier alpha value is -2.33. The average molecular weight is 432 g/mol. The van der Waals surface area contributed by atoms with Gasteiger partial charge in [0, 0.05) is 6.42 Å². The van der Waals surface area contributed by atoms with Crippen LogP contribution in [0, 0.1) is 5.41 Å². The van der Waals surface area contributed by atoms with Crippen molar-refractivity contribution in [3.63, 3.8) is 0 Å². The zero-order valence-corrected chi connectivity index (χ0v) is 18.3. The summed E-state index contributed by atoms with van der Waals surface area (Å²) < 4.78 is 38.5. The highest BCUT2D eigenvalue weighted by molar-refractivity contribution is 7.82.